The molecule has 1 saturated heterocycles. The summed E-state index contributed by atoms with van der Waals surface area (Å²) in [5, 5.41) is 0. The molecule has 1 heterocycles. The molecule has 96 valence electrons. The molecule has 17 heavy (non-hydrogen) atoms. The second kappa shape index (κ2) is 4.09. The van der Waals surface area contributed by atoms with Crippen LogP contribution >= 0.6 is 0 Å². The van der Waals surface area contributed by atoms with Crippen molar-refractivity contribution in [2.45, 2.75) is 45.6 Å². The van der Waals surface area contributed by atoms with Crippen LogP contribution in [0.4, 0.5) is 0 Å². The number of carbonyl (C=O) groups excluding carboxylic acids is 2. The van der Waals surface area contributed by atoms with Gasteiger partial charge in [0, 0.05) is 12.1 Å². The van der Waals surface area contributed by atoms with E-state index in [1.165, 1.54) is 4.90 Å². The average Bonchev–Trinajstić information content (AvgIpc) is 2.73. The van der Waals surface area contributed by atoms with Gasteiger partial charge in [0.25, 0.3) is 0 Å². The van der Waals surface area contributed by atoms with Crippen molar-refractivity contribution < 1.29 is 9.59 Å². The van der Waals surface area contributed by atoms with Crippen LogP contribution in [0.25, 0.3) is 0 Å². The third kappa shape index (κ3) is 2.23. The van der Waals surface area contributed by atoms with Gasteiger partial charge in [-0.2, -0.15) is 0 Å². The normalized spacial score (nSPS) is 33.4. The predicted molar refractivity (Wildman–Crippen MR) is 65.0 cm³/mol. The van der Waals surface area contributed by atoms with Crippen LogP contribution in [0.5, 0.6) is 0 Å². The summed E-state index contributed by atoms with van der Waals surface area (Å²) in [5.41, 5.74) is 5.39. The Bertz CT molecular complexity index is 322. The first-order valence-corrected chi connectivity index (χ1v) is 6.47. The molecule has 0 aromatic rings. The number of fused-ring (bicyclic) bond motifs is 1. The number of nitrogens with zero attached hydrogens (tertiary/aromatic N) is 1. The number of amides is 2. The molecule has 1 saturated carbocycles. The summed E-state index contributed by atoms with van der Waals surface area (Å²) in [5.74, 6) is 0.444. The number of imide groups is 1. The van der Waals surface area contributed by atoms with E-state index in [9.17, 15) is 9.59 Å². The minimum Gasteiger partial charge on any atom is -0.324 e. The molecule has 2 atom stereocenters. The Morgan fingerprint density at radius 1 is 1.24 bits per heavy atom. The van der Waals surface area contributed by atoms with Gasteiger partial charge in [0.05, 0.1) is 11.8 Å². The highest BCUT2D eigenvalue weighted by atomic mass is 16.2. The quantitative estimate of drug-likeness (QED) is 0.750. The Balaban J connectivity index is 2.11. The van der Waals surface area contributed by atoms with E-state index in [1.807, 2.05) is 13.8 Å². The lowest BCUT2D eigenvalue weighted by molar-refractivity contribution is -0.141. The van der Waals surface area contributed by atoms with Gasteiger partial charge in [0.1, 0.15) is 0 Å². The second-order valence-corrected chi connectivity index (χ2v) is 6.21. The van der Waals surface area contributed by atoms with Crippen LogP contribution in [0, 0.1) is 17.8 Å². The molecule has 0 aromatic carbocycles. The molecule has 0 spiro atoms. The predicted octanol–water partition coefficient (Wildman–Crippen LogP) is 1.14. The van der Waals surface area contributed by atoms with Crippen molar-refractivity contribution in [2.24, 2.45) is 23.5 Å². The molecule has 4 heteroatoms. The standard InChI is InChI=1S/C13H22N2O2/c1-4-8-5-9-10(6-8)12(17)15(11(9)16)7-13(2,3)14/h8-10H,4-7,14H2,1-3H3. The van der Waals surface area contributed by atoms with Crippen molar-refractivity contribution >= 4 is 11.8 Å². The number of hydrogen-bond acceptors (Lipinski definition) is 3. The van der Waals surface area contributed by atoms with Crippen molar-refractivity contribution in [1.29, 1.82) is 0 Å². The first-order chi connectivity index (χ1) is 7.83. The van der Waals surface area contributed by atoms with Crippen molar-refractivity contribution in [2.75, 3.05) is 6.54 Å². The zero-order chi connectivity index (χ0) is 12.8. The van der Waals surface area contributed by atoms with Crippen molar-refractivity contribution in [3.05, 3.63) is 0 Å². The third-order valence-electron chi connectivity index (χ3n) is 3.97. The van der Waals surface area contributed by atoms with Crippen LogP contribution < -0.4 is 5.73 Å². The maximum Gasteiger partial charge on any atom is 0.233 e. The van der Waals surface area contributed by atoms with Gasteiger partial charge >= 0.3 is 0 Å². The number of nitrogens with two attached hydrogens (primary N) is 1. The van der Waals surface area contributed by atoms with Gasteiger partial charge in [-0.1, -0.05) is 13.3 Å². The summed E-state index contributed by atoms with van der Waals surface area (Å²) in [7, 11) is 0. The van der Waals surface area contributed by atoms with Gasteiger partial charge in [-0.25, -0.2) is 0 Å². The van der Waals surface area contributed by atoms with Gasteiger partial charge in [0.2, 0.25) is 11.8 Å². The Kier molecular flexibility index (Phi) is 3.02. The Morgan fingerprint density at radius 2 is 1.71 bits per heavy atom. The first-order valence-electron chi connectivity index (χ1n) is 6.47. The molecule has 1 aliphatic carbocycles. The van der Waals surface area contributed by atoms with Crippen LogP contribution in [0.3, 0.4) is 0 Å². The SMILES string of the molecule is CCC1CC2C(=O)N(CC(C)(C)N)C(=O)C2C1. The molecule has 2 fully saturated rings. The molecule has 1 aliphatic heterocycles. The summed E-state index contributed by atoms with van der Waals surface area (Å²) in [6, 6.07) is 0. The van der Waals surface area contributed by atoms with E-state index in [2.05, 4.69) is 6.92 Å². The molecule has 0 radical (unpaired) electrons. The summed E-state index contributed by atoms with van der Waals surface area (Å²) < 4.78 is 0. The number of rotatable bonds is 3. The van der Waals surface area contributed by atoms with Gasteiger partial charge in [-0.05, 0) is 32.6 Å². The topological polar surface area (TPSA) is 63.4 Å². The maximum absolute atomic E-state index is 12.2. The number of hydrogen-bond donors (Lipinski definition) is 1. The summed E-state index contributed by atoms with van der Waals surface area (Å²) in [6.07, 6.45) is 2.83. The fraction of sp³-hybridized carbons (Fsp3) is 0.846. The van der Waals surface area contributed by atoms with Gasteiger partial charge < -0.3 is 5.73 Å². The molecule has 2 aliphatic rings. The molecule has 2 rings (SSSR count). The maximum atomic E-state index is 12.2. The fourth-order valence-corrected chi connectivity index (χ4v) is 3.09. The minimum absolute atomic E-state index is 0.00877. The smallest absolute Gasteiger partial charge is 0.233 e. The molecular weight excluding hydrogens is 216 g/mol. The average molecular weight is 238 g/mol. The Morgan fingerprint density at radius 3 is 2.06 bits per heavy atom. The molecule has 2 unspecified atom stereocenters. The number of carbonyl (C=O) groups is 2. The summed E-state index contributed by atoms with van der Waals surface area (Å²) >= 11 is 0. The van der Waals surface area contributed by atoms with E-state index < -0.39 is 5.54 Å². The van der Waals surface area contributed by atoms with E-state index in [0.29, 0.717) is 12.5 Å². The Hall–Kier alpha value is -0.900. The summed E-state index contributed by atoms with van der Waals surface area (Å²) in [4.78, 5) is 25.8. The van der Waals surface area contributed by atoms with Gasteiger partial charge in [0.15, 0.2) is 0 Å². The minimum atomic E-state index is -0.506. The molecule has 0 bridgehead atoms. The van der Waals surface area contributed by atoms with Crippen LogP contribution in [0.15, 0.2) is 0 Å². The fourth-order valence-electron chi connectivity index (χ4n) is 3.09. The van der Waals surface area contributed by atoms with Crippen LogP contribution in [-0.2, 0) is 9.59 Å². The van der Waals surface area contributed by atoms with Gasteiger partial charge in [-0.15, -0.1) is 0 Å². The molecule has 2 N–H and O–H groups in total. The highest BCUT2D eigenvalue weighted by Gasteiger charge is 2.52. The number of likely N-dealkylation sites (tertiary alicyclic amines) is 1. The third-order valence-corrected chi connectivity index (χ3v) is 3.97. The van der Waals surface area contributed by atoms with Crippen LogP contribution in [0.2, 0.25) is 0 Å². The van der Waals surface area contributed by atoms with E-state index in [-0.39, 0.29) is 23.7 Å². The van der Waals surface area contributed by atoms with Crippen molar-refractivity contribution in [1.82, 2.24) is 4.90 Å². The van der Waals surface area contributed by atoms with E-state index in [4.69, 9.17) is 5.73 Å². The van der Waals surface area contributed by atoms with Crippen molar-refractivity contribution in [3.8, 4) is 0 Å². The summed E-state index contributed by atoms with van der Waals surface area (Å²) in [6.45, 7) is 6.16. The monoisotopic (exact) mass is 238 g/mol. The molecule has 0 aromatic heterocycles. The first kappa shape index (κ1) is 12.6. The van der Waals surface area contributed by atoms with E-state index in [0.717, 1.165) is 19.3 Å². The molecule has 4 nitrogen and oxygen atoms in total. The zero-order valence-corrected chi connectivity index (χ0v) is 10.9. The lowest BCUT2D eigenvalue weighted by Crippen LogP contribution is -2.48. The largest absolute Gasteiger partial charge is 0.324 e. The lowest BCUT2D eigenvalue weighted by Gasteiger charge is -2.26. The van der Waals surface area contributed by atoms with Crippen molar-refractivity contribution in [3.63, 3.8) is 0 Å². The highest BCUT2D eigenvalue weighted by molar-refractivity contribution is 6.05. The second-order valence-electron chi connectivity index (χ2n) is 6.21. The molecule has 2 amide bonds. The zero-order valence-electron chi connectivity index (χ0n) is 10.9. The Labute approximate surface area is 103 Å². The highest BCUT2D eigenvalue weighted by Crippen LogP contribution is 2.44. The lowest BCUT2D eigenvalue weighted by atomic mass is 10.00. The van der Waals surface area contributed by atoms with Crippen LogP contribution in [0.1, 0.15) is 40.0 Å². The van der Waals surface area contributed by atoms with Gasteiger partial charge in [-0.3, -0.25) is 14.5 Å². The van der Waals surface area contributed by atoms with E-state index >= 15 is 0 Å². The van der Waals surface area contributed by atoms with Crippen LogP contribution in [-0.4, -0.2) is 28.8 Å². The van der Waals surface area contributed by atoms with E-state index in [1.54, 1.807) is 0 Å². The molecular formula is C13H22N2O2.